The summed E-state index contributed by atoms with van der Waals surface area (Å²) in [7, 11) is 0. The fourth-order valence-electron chi connectivity index (χ4n) is 1.80. The molecule has 0 atom stereocenters. The van der Waals surface area contributed by atoms with Crippen molar-refractivity contribution in [2.45, 2.75) is 39.7 Å². The monoisotopic (exact) mass is 303 g/mol. The first-order valence-electron chi connectivity index (χ1n) is 7.55. The van der Waals surface area contributed by atoms with Crippen LogP contribution in [-0.2, 0) is 6.54 Å². The van der Waals surface area contributed by atoms with Gasteiger partial charge in [0.25, 0.3) is 11.9 Å². The van der Waals surface area contributed by atoms with Gasteiger partial charge in [-0.05, 0) is 42.3 Å². The number of hydrogen-bond donors (Lipinski definition) is 1. The highest BCUT2D eigenvalue weighted by Gasteiger charge is 2.10. The Labute approximate surface area is 129 Å². The van der Waals surface area contributed by atoms with Gasteiger partial charge in [-0.25, -0.2) is 0 Å². The molecule has 1 aromatic heterocycles. The van der Waals surface area contributed by atoms with Crippen molar-refractivity contribution in [3.8, 4) is 5.75 Å². The Morgan fingerprint density at radius 1 is 1.23 bits per heavy atom. The van der Waals surface area contributed by atoms with Crippen molar-refractivity contribution >= 4 is 11.9 Å². The molecule has 1 N–H and O–H groups in total. The lowest BCUT2D eigenvalue weighted by Crippen LogP contribution is -2.13. The Morgan fingerprint density at radius 2 is 2.00 bits per heavy atom. The number of unbranched alkanes of at least 4 members (excludes halogenated alkanes) is 1. The van der Waals surface area contributed by atoms with Crippen LogP contribution in [0.1, 0.15) is 43.5 Å². The van der Waals surface area contributed by atoms with Crippen molar-refractivity contribution in [2.24, 2.45) is 0 Å². The van der Waals surface area contributed by atoms with Crippen LogP contribution < -0.4 is 10.1 Å². The first kappa shape index (κ1) is 15.9. The molecule has 0 saturated carbocycles. The molecule has 0 aliphatic heterocycles. The third-order valence-electron chi connectivity index (χ3n) is 2.98. The van der Waals surface area contributed by atoms with Crippen molar-refractivity contribution in [1.82, 2.24) is 20.2 Å². The molecule has 1 amide bonds. The largest absolute Gasteiger partial charge is 0.494 e. The summed E-state index contributed by atoms with van der Waals surface area (Å²) in [6.07, 6.45) is 3.01. The Bertz CT molecular complexity index is 594. The van der Waals surface area contributed by atoms with Gasteiger partial charge in [0.1, 0.15) is 5.75 Å². The van der Waals surface area contributed by atoms with E-state index < -0.39 is 0 Å². The predicted octanol–water partition coefficient (Wildman–Crippen LogP) is 2.51. The minimum Gasteiger partial charge on any atom is -0.494 e. The highest BCUT2D eigenvalue weighted by molar-refractivity contribution is 6.03. The fourth-order valence-corrected chi connectivity index (χ4v) is 1.80. The number of carbonyl (C=O) groups excluding carboxylic acids is 1. The van der Waals surface area contributed by atoms with Gasteiger partial charge in [-0.3, -0.25) is 10.1 Å². The summed E-state index contributed by atoms with van der Waals surface area (Å²) >= 11 is 0. The average Bonchev–Trinajstić information content (AvgIpc) is 2.96. The molecular formula is C15H21N5O2. The second-order valence-electron chi connectivity index (χ2n) is 4.89. The van der Waals surface area contributed by atoms with Gasteiger partial charge in [0.2, 0.25) is 0 Å². The van der Waals surface area contributed by atoms with Gasteiger partial charge in [0.15, 0.2) is 0 Å². The molecule has 0 unspecified atom stereocenters. The maximum Gasteiger partial charge on any atom is 0.270 e. The molecule has 118 valence electrons. The van der Waals surface area contributed by atoms with Gasteiger partial charge in [-0.2, -0.15) is 4.80 Å². The topological polar surface area (TPSA) is 81.9 Å². The normalized spacial score (nSPS) is 10.5. The van der Waals surface area contributed by atoms with Gasteiger partial charge < -0.3 is 4.74 Å². The number of hydrogen-bond acceptors (Lipinski definition) is 5. The van der Waals surface area contributed by atoms with Crippen molar-refractivity contribution in [3.05, 3.63) is 29.8 Å². The van der Waals surface area contributed by atoms with Crippen LogP contribution in [0, 0.1) is 0 Å². The van der Waals surface area contributed by atoms with E-state index in [2.05, 4.69) is 27.7 Å². The van der Waals surface area contributed by atoms with Crippen LogP contribution in [0.25, 0.3) is 0 Å². The number of tetrazole rings is 1. The molecule has 7 heteroatoms. The molecule has 22 heavy (non-hydrogen) atoms. The number of rotatable bonds is 8. The standard InChI is InChI=1S/C15H21N5O2/c1-3-5-11-22-13-8-6-12(7-9-13)14(21)16-15-17-19-20(18-15)10-4-2/h6-9H,3-5,10-11H2,1-2H3,(H,16,18,21). The van der Waals surface area contributed by atoms with E-state index in [-0.39, 0.29) is 11.9 Å². The molecule has 0 saturated heterocycles. The van der Waals surface area contributed by atoms with Gasteiger partial charge in [0.05, 0.1) is 13.2 Å². The SMILES string of the molecule is CCCCOc1ccc(C(=O)Nc2nnn(CCC)n2)cc1. The highest BCUT2D eigenvalue weighted by atomic mass is 16.5. The van der Waals surface area contributed by atoms with Crippen LogP contribution in [0.4, 0.5) is 5.95 Å². The predicted molar refractivity (Wildman–Crippen MR) is 82.9 cm³/mol. The average molecular weight is 303 g/mol. The zero-order valence-corrected chi connectivity index (χ0v) is 13.0. The van der Waals surface area contributed by atoms with Crippen LogP contribution in [0.5, 0.6) is 5.75 Å². The van der Waals surface area contributed by atoms with Gasteiger partial charge in [0, 0.05) is 5.56 Å². The lowest BCUT2D eigenvalue weighted by molar-refractivity contribution is 0.102. The summed E-state index contributed by atoms with van der Waals surface area (Å²) in [5.41, 5.74) is 0.523. The van der Waals surface area contributed by atoms with Crippen molar-refractivity contribution in [1.29, 1.82) is 0 Å². The van der Waals surface area contributed by atoms with Crippen molar-refractivity contribution in [3.63, 3.8) is 0 Å². The summed E-state index contributed by atoms with van der Waals surface area (Å²) in [5.74, 6) is 0.704. The zero-order valence-electron chi connectivity index (χ0n) is 13.0. The smallest absolute Gasteiger partial charge is 0.270 e. The minimum absolute atomic E-state index is 0.210. The lowest BCUT2D eigenvalue weighted by atomic mass is 10.2. The molecule has 0 aliphatic rings. The number of benzene rings is 1. The molecule has 0 bridgehead atoms. The number of aryl methyl sites for hydroxylation is 1. The lowest BCUT2D eigenvalue weighted by Gasteiger charge is -2.06. The Morgan fingerprint density at radius 3 is 2.68 bits per heavy atom. The zero-order chi connectivity index (χ0) is 15.8. The number of amides is 1. The Kier molecular flexibility index (Phi) is 5.88. The fraction of sp³-hybridized carbons (Fsp3) is 0.467. The van der Waals surface area contributed by atoms with Crippen LogP contribution in [0.3, 0.4) is 0 Å². The maximum absolute atomic E-state index is 12.1. The summed E-state index contributed by atoms with van der Waals surface area (Å²) < 4.78 is 5.56. The summed E-state index contributed by atoms with van der Waals surface area (Å²) in [6, 6.07) is 7.00. The number of nitrogens with zero attached hydrogens (tertiary/aromatic N) is 4. The van der Waals surface area contributed by atoms with E-state index in [1.807, 2.05) is 6.92 Å². The number of aromatic nitrogens is 4. The molecule has 0 radical (unpaired) electrons. The van der Waals surface area contributed by atoms with Crippen LogP contribution in [-0.4, -0.2) is 32.7 Å². The van der Waals surface area contributed by atoms with Crippen LogP contribution in [0.15, 0.2) is 24.3 Å². The first-order valence-corrected chi connectivity index (χ1v) is 7.55. The quantitative estimate of drug-likeness (QED) is 0.758. The van der Waals surface area contributed by atoms with Gasteiger partial charge >= 0.3 is 0 Å². The van der Waals surface area contributed by atoms with Crippen molar-refractivity contribution < 1.29 is 9.53 Å². The highest BCUT2D eigenvalue weighted by Crippen LogP contribution is 2.13. The number of ether oxygens (including phenoxy) is 1. The minimum atomic E-state index is -0.267. The van der Waals surface area contributed by atoms with Crippen LogP contribution in [0.2, 0.25) is 0 Å². The third kappa shape index (κ3) is 4.54. The first-order chi connectivity index (χ1) is 10.7. The summed E-state index contributed by atoms with van der Waals surface area (Å²) in [6.45, 7) is 5.49. The summed E-state index contributed by atoms with van der Waals surface area (Å²) in [4.78, 5) is 13.5. The number of carbonyl (C=O) groups is 1. The maximum atomic E-state index is 12.1. The molecule has 1 aromatic carbocycles. The molecule has 0 aliphatic carbocycles. The molecule has 2 aromatic rings. The molecule has 0 spiro atoms. The summed E-state index contributed by atoms with van der Waals surface area (Å²) in [5, 5.41) is 14.3. The molecule has 2 rings (SSSR count). The molecule has 7 nitrogen and oxygen atoms in total. The third-order valence-corrected chi connectivity index (χ3v) is 2.98. The molecule has 0 fully saturated rings. The number of nitrogens with one attached hydrogen (secondary N) is 1. The Balaban J connectivity index is 1.91. The van der Waals surface area contributed by atoms with E-state index >= 15 is 0 Å². The van der Waals surface area contributed by atoms with Gasteiger partial charge in [-0.15, -0.1) is 5.10 Å². The van der Waals surface area contributed by atoms with Gasteiger partial charge in [-0.1, -0.05) is 25.4 Å². The second-order valence-corrected chi connectivity index (χ2v) is 4.89. The Hall–Kier alpha value is -2.44. The van der Waals surface area contributed by atoms with E-state index in [0.29, 0.717) is 18.7 Å². The van der Waals surface area contributed by atoms with Crippen LogP contribution >= 0.6 is 0 Å². The van der Waals surface area contributed by atoms with E-state index in [4.69, 9.17) is 4.74 Å². The van der Waals surface area contributed by atoms with E-state index in [9.17, 15) is 4.79 Å². The van der Waals surface area contributed by atoms with E-state index in [1.165, 1.54) is 4.80 Å². The number of anilines is 1. The molecule has 1 heterocycles. The second kappa shape index (κ2) is 8.11. The van der Waals surface area contributed by atoms with Crippen molar-refractivity contribution in [2.75, 3.05) is 11.9 Å². The van der Waals surface area contributed by atoms with E-state index in [0.717, 1.165) is 25.0 Å². The van der Waals surface area contributed by atoms with E-state index in [1.54, 1.807) is 24.3 Å². The molecular weight excluding hydrogens is 282 g/mol.